The lowest BCUT2D eigenvalue weighted by Gasteiger charge is -2.38. The van der Waals surface area contributed by atoms with Gasteiger partial charge in [-0.3, -0.25) is 19.3 Å². The summed E-state index contributed by atoms with van der Waals surface area (Å²) < 4.78 is 0.843. The number of aryl methyl sites for hydroxylation is 1. The van der Waals surface area contributed by atoms with Crippen molar-refractivity contribution in [3.05, 3.63) is 92.4 Å². The van der Waals surface area contributed by atoms with Crippen LogP contribution >= 0.6 is 27.5 Å². The van der Waals surface area contributed by atoms with Gasteiger partial charge in [-0.1, -0.05) is 63.9 Å². The SMILES string of the molecule is Cc1cc(Cl)c2c(c1)[C@]1(C(=O)N2)[C@H](C(=O)c2ccc(Br)cc2)[C@]2(C(=O)Nc3ccccc32)[C@H]2CCCN21. The van der Waals surface area contributed by atoms with E-state index in [1.807, 2.05) is 55.5 Å². The molecule has 0 aliphatic carbocycles. The van der Waals surface area contributed by atoms with E-state index in [1.54, 1.807) is 12.1 Å². The number of rotatable bonds is 2. The van der Waals surface area contributed by atoms with Crippen molar-refractivity contribution in [2.75, 3.05) is 17.2 Å². The Labute approximate surface area is 227 Å². The average molecular weight is 577 g/mol. The lowest BCUT2D eigenvalue weighted by molar-refractivity contribution is -0.128. The molecule has 7 rings (SSSR count). The van der Waals surface area contributed by atoms with Crippen molar-refractivity contribution in [1.29, 1.82) is 0 Å². The monoisotopic (exact) mass is 575 g/mol. The number of benzene rings is 3. The second-order valence-electron chi connectivity index (χ2n) is 10.4. The minimum absolute atomic E-state index is 0.224. The Balaban J connectivity index is 1.60. The number of amides is 2. The molecule has 2 saturated heterocycles. The highest BCUT2D eigenvalue weighted by molar-refractivity contribution is 9.10. The number of para-hydroxylation sites is 1. The molecule has 4 aliphatic heterocycles. The maximum absolute atomic E-state index is 14.8. The topological polar surface area (TPSA) is 78.5 Å². The van der Waals surface area contributed by atoms with Gasteiger partial charge in [0, 0.05) is 27.3 Å². The fourth-order valence-electron chi connectivity index (χ4n) is 7.52. The van der Waals surface area contributed by atoms with Crippen LogP contribution in [-0.2, 0) is 20.5 Å². The lowest BCUT2D eigenvalue weighted by atomic mass is 9.60. The smallest absolute Gasteiger partial charge is 0.250 e. The van der Waals surface area contributed by atoms with Crippen molar-refractivity contribution in [1.82, 2.24) is 4.90 Å². The summed E-state index contributed by atoms with van der Waals surface area (Å²) in [6.45, 7) is 2.53. The molecular formula is C29H23BrClN3O3. The molecule has 3 aromatic rings. The summed E-state index contributed by atoms with van der Waals surface area (Å²) in [6.07, 6.45) is 1.53. The van der Waals surface area contributed by atoms with Gasteiger partial charge < -0.3 is 10.6 Å². The maximum atomic E-state index is 14.8. The van der Waals surface area contributed by atoms with Gasteiger partial charge in [0.2, 0.25) is 11.8 Å². The molecule has 0 aromatic heterocycles. The molecule has 4 aliphatic rings. The van der Waals surface area contributed by atoms with Crippen LogP contribution < -0.4 is 10.6 Å². The van der Waals surface area contributed by atoms with Crippen molar-refractivity contribution >= 4 is 56.5 Å². The number of hydrogen-bond acceptors (Lipinski definition) is 4. The normalized spacial score (nSPS) is 29.4. The second kappa shape index (κ2) is 7.76. The van der Waals surface area contributed by atoms with E-state index in [0.717, 1.165) is 22.0 Å². The molecule has 8 heteroatoms. The van der Waals surface area contributed by atoms with E-state index >= 15 is 0 Å². The van der Waals surface area contributed by atoms with Crippen molar-refractivity contribution in [3.63, 3.8) is 0 Å². The van der Waals surface area contributed by atoms with Crippen LogP contribution in [0.15, 0.2) is 65.1 Å². The van der Waals surface area contributed by atoms with Crippen LogP contribution in [0.25, 0.3) is 0 Å². The van der Waals surface area contributed by atoms with E-state index < -0.39 is 16.9 Å². The summed E-state index contributed by atoms with van der Waals surface area (Å²) in [5.41, 5.74) is 1.44. The predicted molar refractivity (Wildman–Crippen MR) is 145 cm³/mol. The molecule has 4 heterocycles. The lowest BCUT2D eigenvalue weighted by Crippen LogP contribution is -2.55. The fourth-order valence-corrected chi connectivity index (χ4v) is 8.10. The average Bonchev–Trinajstić information content (AvgIpc) is 3.59. The van der Waals surface area contributed by atoms with E-state index in [9.17, 15) is 14.4 Å². The van der Waals surface area contributed by atoms with Crippen LogP contribution in [0.3, 0.4) is 0 Å². The molecule has 0 radical (unpaired) electrons. The number of carbonyl (C=O) groups is 3. The third kappa shape index (κ3) is 2.72. The maximum Gasteiger partial charge on any atom is 0.250 e. The van der Waals surface area contributed by atoms with Crippen molar-refractivity contribution in [2.24, 2.45) is 5.92 Å². The highest BCUT2D eigenvalue weighted by Crippen LogP contribution is 2.66. The number of nitrogens with zero attached hydrogens (tertiary/aromatic N) is 1. The van der Waals surface area contributed by atoms with Gasteiger partial charge in [0.1, 0.15) is 11.0 Å². The molecule has 2 spiro atoms. The van der Waals surface area contributed by atoms with Gasteiger partial charge in [-0.25, -0.2) is 0 Å². The molecular weight excluding hydrogens is 554 g/mol. The number of ketones is 1. The standard InChI is InChI=1S/C29H23BrClN3O3/c1-15-13-19-23(20(31)14-15)33-27(37)29(19)25(24(35)16-8-10-17(30)11-9-16)28(22-7-4-12-34(22)29)18-5-2-3-6-21(18)32-26(28)36/h2-3,5-6,8-11,13-14,22,25H,4,7,12H2,1H3,(H,32,36)(H,33,37)/t22-,25-,28-,29-/m1/s1. The number of hydrogen-bond donors (Lipinski definition) is 2. The molecule has 0 unspecified atom stereocenters. The molecule has 3 aromatic carbocycles. The van der Waals surface area contributed by atoms with Crippen LogP contribution in [0.5, 0.6) is 0 Å². The van der Waals surface area contributed by atoms with E-state index in [4.69, 9.17) is 11.6 Å². The molecule has 37 heavy (non-hydrogen) atoms. The summed E-state index contributed by atoms with van der Waals surface area (Å²) in [5.74, 6) is -1.74. The van der Waals surface area contributed by atoms with Gasteiger partial charge in [-0.15, -0.1) is 0 Å². The fraction of sp³-hybridized carbons (Fsp3) is 0.276. The number of Topliss-reactive ketones (excluding diaryl/α,β-unsaturated/α-hetero) is 1. The molecule has 2 N–H and O–H groups in total. The zero-order valence-electron chi connectivity index (χ0n) is 20.0. The summed E-state index contributed by atoms with van der Waals surface area (Å²) in [4.78, 5) is 45.4. The quantitative estimate of drug-likeness (QED) is 0.399. The zero-order valence-corrected chi connectivity index (χ0v) is 22.3. The van der Waals surface area contributed by atoms with E-state index in [2.05, 4.69) is 31.5 Å². The third-order valence-electron chi connectivity index (χ3n) is 8.72. The van der Waals surface area contributed by atoms with Crippen molar-refractivity contribution < 1.29 is 14.4 Å². The Kier molecular flexibility index (Phi) is 4.85. The Morgan fingerprint density at radius 1 is 1.03 bits per heavy atom. The minimum Gasteiger partial charge on any atom is -0.325 e. The number of nitrogens with one attached hydrogen (secondary N) is 2. The van der Waals surface area contributed by atoms with Gasteiger partial charge in [-0.05, 0) is 61.7 Å². The largest absolute Gasteiger partial charge is 0.325 e. The Morgan fingerprint density at radius 2 is 1.78 bits per heavy atom. The van der Waals surface area contributed by atoms with Crippen molar-refractivity contribution in [2.45, 2.75) is 36.8 Å². The first-order valence-corrected chi connectivity index (χ1v) is 13.6. The van der Waals surface area contributed by atoms with Crippen LogP contribution in [-0.4, -0.2) is 35.1 Å². The molecule has 0 saturated carbocycles. The highest BCUT2D eigenvalue weighted by Gasteiger charge is 2.78. The van der Waals surface area contributed by atoms with Crippen LogP contribution in [0.4, 0.5) is 11.4 Å². The van der Waals surface area contributed by atoms with Crippen LogP contribution in [0.2, 0.25) is 5.02 Å². The van der Waals surface area contributed by atoms with Gasteiger partial charge in [0.25, 0.3) is 0 Å². The summed E-state index contributed by atoms with van der Waals surface area (Å²) in [6, 6.07) is 18.2. The molecule has 186 valence electrons. The first kappa shape index (κ1) is 23.1. The van der Waals surface area contributed by atoms with Gasteiger partial charge in [0.15, 0.2) is 5.78 Å². The number of carbonyl (C=O) groups excluding carboxylic acids is 3. The Bertz CT molecular complexity index is 1540. The summed E-state index contributed by atoms with van der Waals surface area (Å²) in [5, 5.41) is 6.53. The molecule has 6 nitrogen and oxygen atoms in total. The molecule has 2 amide bonds. The Morgan fingerprint density at radius 3 is 2.57 bits per heavy atom. The van der Waals surface area contributed by atoms with Crippen LogP contribution in [0.1, 0.15) is 39.9 Å². The van der Waals surface area contributed by atoms with E-state index in [0.29, 0.717) is 40.5 Å². The van der Waals surface area contributed by atoms with Gasteiger partial charge in [-0.2, -0.15) is 0 Å². The minimum atomic E-state index is -1.37. The summed E-state index contributed by atoms with van der Waals surface area (Å²) >= 11 is 10.1. The Hall–Kier alpha value is -3.00. The van der Waals surface area contributed by atoms with Gasteiger partial charge >= 0.3 is 0 Å². The van der Waals surface area contributed by atoms with E-state index in [-0.39, 0.29) is 23.6 Å². The first-order chi connectivity index (χ1) is 17.8. The van der Waals surface area contributed by atoms with Gasteiger partial charge in [0.05, 0.1) is 16.6 Å². The van der Waals surface area contributed by atoms with Crippen molar-refractivity contribution in [3.8, 4) is 0 Å². The highest BCUT2D eigenvalue weighted by atomic mass is 79.9. The molecule has 0 bridgehead atoms. The predicted octanol–water partition coefficient (Wildman–Crippen LogP) is 5.43. The molecule has 2 fully saturated rings. The number of halogens is 2. The third-order valence-corrected chi connectivity index (χ3v) is 9.55. The summed E-state index contributed by atoms with van der Waals surface area (Å²) in [7, 11) is 0. The number of anilines is 2. The van der Waals surface area contributed by atoms with E-state index in [1.165, 1.54) is 0 Å². The second-order valence-corrected chi connectivity index (χ2v) is 11.7. The zero-order chi connectivity index (χ0) is 25.7. The molecule has 4 atom stereocenters. The number of fused-ring (bicyclic) bond motifs is 7. The first-order valence-electron chi connectivity index (χ1n) is 12.4. The van der Waals surface area contributed by atoms with Crippen LogP contribution in [0, 0.1) is 12.8 Å².